The van der Waals surface area contributed by atoms with Crippen LogP contribution < -0.4 is 10.1 Å². The van der Waals surface area contributed by atoms with Crippen molar-refractivity contribution in [3.8, 4) is 5.75 Å². The first-order valence-electron chi connectivity index (χ1n) is 14.5. The van der Waals surface area contributed by atoms with Crippen LogP contribution in [0.1, 0.15) is 58.3 Å². The van der Waals surface area contributed by atoms with E-state index >= 15 is 0 Å². The molecule has 5 heteroatoms. The highest BCUT2D eigenvalue weighted by Crippen LogP contribution is 2.29. The van der Waals surface area contributed by atoms with Gasteiger partial charge in [-0.05, 0) is 82.8 Å². The lowest BCUT2D eigenvalue weighted by atomic mass is 9.89. The number of likely N-dealkylation sites (tertiary alicyclic amines) is 2. The van der Waals surface area contributed by atoms with Crippen molar-refractivity contribution in [2.24, 2.45) is 0 Å². The van der Waals surface area contributed by atoms with E-state index in [9.17, 15) is 4.79 Å². The predicted molar refractivity (Wildman–Crippen MR) is 158 cm³/mol. The smallest absolute Gasteiger partial charge is 0.254 e. The molecule has 0 aromatic heterocycles. The number of hydrogen-bond donors (Lipinski definition) is 1. The molecule has 2 fully saturated rings. The molecule has 2 atom stereocenters. The van der Waals surface area contributed by atoms with Gasteiger partial charge < -0.3 is 19.9 Å². The summed E-state index contributed by atoms with van der Waals surface area (Å²) in [5.74, 6) is 1.13. The van der Waals surface area contributed by atoms with Crippen molar-refractivity contribution in [3.63, 3.8) is 0 Å². The van der Waals surface area contributed by atoms with E-state index in [0.717, 1.165) is 80.7 Å². The molecule has 3 aromatic rings. The number of nitrogens with one attached hydrogen (secondary N) is 1. The average molecular weight is 526 g/mol. The van der Waals surface area contributed by atoms with Gasteiger partial charge in [0.1, 0.15) is 5.75 Å². The van der Waals surface area contributed by atoms with E-state index in [4.69, 9.17) is 4.74 Å². The fourth-order valence-electron chi connectivity index (χ4n) is 6.54. The molecule has 0 radical (unpaired) electrons. The lowest BCUT2D eigenvalue weighted by Gasteiger charge is -2.46. The van der Waals surface area contributed by atoms with E-state index < -0.39 is 0 Å². The molecular formula is C34H43N3O2. The number of benzene rings is 3. The Morgan fingerprint density at radius 1 is 0.897 bits per heavy atom. The van der Waals surface area contributed by atoms with Gasteiger partial charge in [-0.15, -0.1) is 0 Å². The van der Waals surface area contributed by atoms with Crippen LogP contribution in [0.5, 0.6) is 5.75 Å². The van der Waals surface area contributed by atoms with Gasteiger partial charge in [0, 0.05) is 42.3 Å². The van der Waals surface area contributed by atoms with Gasteiger partial charge in [0.15, 0.2) is 0 Å². The minimum atomic E-state index is 0.181. The third kappa shape index (κ3) is 6.90. The second-order valence-corrected chi connectivity index (χ2v) is 11.4. The topological polar surface area (TPSA) is 44.8 Å². The van der Waals surface area contributed by atoms with Crippen molar-refractivity contribution < 1.29 is 9.53 Å². The number of aryl methyl sites for hydroxylation is 2. The Bertz CT molecular complexity index is 1220. The summed E-state index contributed by atoms with van der Waals surface area (Å²) in [7, 11) is 1.74. The maximum Gasteiger partial charge on any atom is 0.254 e. The van der Waals surface area contributed by atoms with Gasteiger partial charge in [-0.2, -0.15) is 0 Å². The van der Waals surface area contributed by atoms with Crippen LogP contribution in [0, 0.1) is 13.8 Å². The van der Waals surface area contributed by atoms with Gasteiger partial charge in [-0.25, -0.2) is 0 Å². The standard InChI is InChI=1S/C34H43N3O2/c1-25-19-26(2)21-29(20-25)34(38)37-18-15-31(23-32(37)22-27-9-5-4-6-10-27)36-16-13-30(14-17-36)35-24-28-11-7-8-12-33(28)39-3/h4-12,19-21,30-32,35H,13-18,22-24H2,1-3H3/t31-,32+/m1/s1. The number of hydrogen-bond acceptors (Lipinski definition) is 4. The number of amides is 1. The summed E-state index contributed by atoms with van der Waals surface area (Å²) in [5, 5.41) is 3.77. The molecule has 1 amide bonds. The van der Waals surface area contributed by atoms with Gasteiger partial charge in [0.25, 0.3) is 5.91 Å². The minimum Gasteiger partial charge on any atom is -0.496 e. The van der Waals surface area contributed by atoms with Gasteiger partial charge in [-0.1, -0.05) is 65.7 Å². The SMILES string of the molecule is COc1ccccc1CNC1CCN([C@@H]2CCN(C(=O)c3cc(C)cc(C)c3)[C@@H](Cc3ccccc3)C2)CC1. The van der Waals surface area contributed by atoms with Crippen LogP contribution >= 0.6 is 0 Å². The van der Waals surface area contributed by atoms with E-state index in [2.05, 4.69) is 77.5 Å². The van der Waals surface area contributed by atoms with Gasteiger partial charge >= 0.3 is 0 Å². The van der Waals surface area contributed by atoms with Crippen LogP contribution in [-0.4, -0.2) is 60.6 Å². The van der Waals surface area contributed by atoms with Crippen LogP contribution in [0.25, 0.3) is 0 Å². The van der Waals surface area contributed by atoms with Crippen molar-refractivity contribution in [1.82, 2.24) is 15.1 Å². The van der Waals surface area contributed by atoms with Gasteiger partial charge in [0.2, 0.25) is 0 Å². The number of rotatable bonds is 8. The Kier molecular flexibility index (Phi) is 9.00. The molecule has 0 spiro atoms. The fourth-order valence-corrected chi connectivity index (χ4v) is 6.54. The third-order valence-electron chi connectivity index (χ3n) is 8.55. The summed E-state index contributed by atoms with van der Waals surface area (Å²) in [4.78, 5) is 18.6. The number of piperidine rings is 2. The van der Waals surface area contributed by atoms with E-state index in [1.54, 1.807) is 7.11 Å². The summed E-state index contributed by atoms with van der Waals surface area (Å²) in [6, 6.07) is 26.4. The molecule has 5 rings (SSSR count). The molecule has 0 saturated carbocycles. The van der Waals surface area contributed by atoms with Gasteiger partial charge in [-0.3, -0.25) is 4.79 Å². The van der Waals surface area contributed by atoms with Crippen molar-refractivity contribution in [3.05, 3.63) is 101 Å². The lowest BCUT2D eigenvalue weighted by molar-refractivity contribution is 0.0372. The molecule has 206 valence electrons. The predicted octanol–water partition coefficient (Wildman–Crippen LogP) is 5.78. The highest BCUT2D eigenvalue weighted by atomic mass is 16.5. The summed E-state index contributed by atoms with van der Waals surface area (Å²) < 4.78 is 5.52. The van der Waals surface area contributed by atoms with Crippen molar-refractivity contribution in [2.45, 2.75) is 70.6 Å². The largest absolute Gasteiger partial charge is 0.496 e. The van der Waals surface area contributed by atoms with Crippen LogP contribution in [0.2, 0.25) is 0 Å². The monoisotopic (exact) mass is 525 g/mol. The second-order valence-electron chi connectivity index (χ2n) is 11.4. The summed E-state index contributed by atoms with van der Waals surface area (Å²) in [6.45, 7) is 8.03. The number of carbonyl (C=O) groups is 1. The van der Waals surface area contributed by atoms with E-state index in [-0.39, 0.29) is 11.9 Å². The molecule has 0 unspecified atom stereocenters. The molecule has 0 bridgehead atoms. The van der Waals surface area contributed by atoms with Crippen LogP contribution in [0.4, 0.5) is 0 Å². The number of nitrogens with zero attached hydrogens (tertiary/aromatic N) is 2. The molecule has 5 nitrogen and oxygen atoms in total. The zero-order valence-electron chi connectivity index (χ0n) is 23.7. The Morgan fingerprint density at radius 3 is 2.31 bits per heavy atom. The lowest BCUT2D eigenvalue weighted by Crippen LogP contribution is -2.55. The van der Waals surface area contributed by atoms with Crippen LogP contribution in [0.3, 0.4) is 0 Å². The number of para-hydroxylation sites is 1. The first kappa shape index (κ1) is 27.4. The van der Waals surface area contributed by atoms with Crippen molar-refractivity contribution in [2.75, 3.05) is 26.7 Å². The summed E-state index contributed by atoms with van der Waals surface area (Å²) in [6.07, 6.45) is 5.29. The molecule has 1 N–H and O–H groups in total. The van der Waals surface area contributed by atoms with Crippen molar-refractivity contribution in [1.29, 1.82) is 0 Å². The molecule has 2 aliphatic heterocycles. The molecule has 2 heterocycles. The number of methoxy groups -OCH3 is 1. The Balaban J connectivity index is 1.22. The van der Waals surface area contributed by atoms with Crippen LogP contribution in [0.15, 0.2) is 72.8 Å². The molecule has 0 aliphatic carbocycles. The highest BCUT2D eigenvalue weighted by molar-refractivity contribution is 5.95. The average Bonchev–Trinajstić information content (AvgIpc) is 2.96. The van der Waals surface area contributed by atoms with Crippen molar-refractivity contribution >= 4 is 5.91 Å². The maximum atomic E-state index is 13.8. The first-order chi connectivity index (χ1) is 19.0. The minimum absolute atomic E-state index is 0.181. The number of carbonyl (C=O) groups excluding carboxylic acids is 1. The zero-order valence-corrected chi connectivity index (χ0v) is 23.7. The Labute approximate surface area is 234 Å². The molecular weight excluding hydrogens is 482 g/mol. The van der Waals surface area contributed by atoms with Crippen LogP contribution in [-0.2, 0) is 13.0 Å². The summed E-state index contributed by atoms with van der Waals surface area (Å²) in [5.41, 5.74) is 5.64. The summed E-state index contributed by atoms with van der Waals surface area (Å²) >= 11 is 0. The molecule has 2 saturated heterocycles. The molecule has 3 aromatic carbocycles. The van der Waals surface area contributed by atoms with E-state index in [1.807, 2.05) is 24.3 Å². The highest BCUT2D eigenvalue weighted by Gasteiger charge is 2.36. The Morgan fingerprint density at radius 2 is 1.59 bits per heavy atom. The third-order valence-corrected chi connectivity index (χ3v) is 8.55. The normalized spacial score (nSPS) is 20.6. The van der Waals surface area contributed by atoms with E-state index in [0.29, 0.717) is 12.1 Å². The van der Waals surface area contributed by atoms with E-state index in [1.165, 1.54) is 11.1 Å². The first-order valence-corrected chi connectivity index (χ1v) is 14.5. The quantitative estimate of drug-likeness (QED) is 0.405. The molecule has 2 aliphatic rings. The molecule has 39 heavy (non-hydrogen) atoms. The fraction of sp³-hybridized carbons (Fsp3) is 0.441. The maximum absolute atomic E-state index is 13.8. The van der Waals surface area contributed by atoms with Gasteiger partial charge in [0.05, 0.1) is 7.11 Å². The Hall–Kier alpha value is -3.15. The zero-order chi connectivity index (χ0) is 27.2. The number of ether oxygens (including phenoxy) is 1. The second kappa shape index (κ2) is 12.8.